The zero-order valence-corrected chi connectivity index (χ0v) is 20.3. The van der Waals surface area contributed by atoms with E-state index in [1.807, 2.05) is 12.1 Å². The van der Waals surface area contributed by atoms with Gasteiger partial charge in [0.25, 0.3) is 6.47 Å². The van der Waals surface area contributed by atoms with Crippen molar-refractivity contribution in [2.45, 2.75) is 11.8 Å². The summed E-state index contributed by atoms with van der Waals surface area (Å²) < 4.78 is 4.94. The molecule has 38 heavy (non-hydrogen) atoms. The van der Waals surface area contributed by atoms with Gasteiger partial charge in [-0.25, -0.2) is 4.79 Å². The summed E-state index contributed by atoms with van der Waals surface area (Å²) in [5, 5.41) is 9.38. The molecule has 4 atom stereocenters. The number of ether oxygens (including phenoxy) is 1. The third-order valence-electron chi connectivity index (χ3n) is 7.26. The summed E-state index contributed by atoms with van der Waals surface area (Å²) in [7, 11) is 0. The van der Waals surface area contributed by atoms with Crippen molar-refractivity contribution in [1.29, 1.82) is 0 Å². The predicted molar refractivity (Wildman–Crippen MR) is 141 cm³/mol. The second-order valence-electron chi connectivity index (χ2n) is 9.27. The number of carboxylic acids is 1. The first kappa shape index (κ1) is 24.8. The van der Waals surface area contributed by atoms with Crippen molar-refractivity contribution in [3.8, 4) is 5.75 Å². The van der Waals surface area contributed by atoms with Crippen molar-refractivity contribution in [2.75, 3.05) is 0 Å². The summed E-state index contributed by atoms with van der Waals surface area (Å²) in [6.07, 6.45) is 0. The zero-order valence-electron chi connectivity index (χ0n) is 20.3. The van der Waals surface area contributed by atoms with E-state index in [0.29, 0.717) is 23.3 Å². The maximum atomic E-state index is 13.9. The molecule has 0 aromatic heterocycles. The molecule has 6 heteroatoms. The third-order valence-corrected chi connectivity index (χ3v) is 7.26. The van der Waals surface area contributed by atoms with Gasteiger partial charge in [-0.05, 0) is 35.4 Å². The zero-order chi connectivity index (χ0) is 26.6. The van der Waals surface area contributed by atoms with Gasteiger partial charge in [-0.2, -0.15) is 0 Å². The van der Waals surface area contributed by atoms with Crippen LogP contribution in [0.1, 0.15) is 54.0 Å². The number of Topliss-reactive ketones (excluding diaryl/α,β-unsaturated/α-hetero) is 2. The highest BCUT2D eigenvalue weighted by molar-refractivity contribution is 6.07. The minimum atomic E-state index is -1.04. The number of hydrogen-bond donors (Lipinski definition) is 1. The highest BCUT2D eigenvalue weighted by Gasteiger charge is 2.57. The largest absolute Gasteiger partial charge is 0.478 e. The summed E-state index contributed by atoms with van der Waals surface area (Å²) in [4.78, 5) is 50.1. The van der Waals surface area contributed by atoms with Gasteiger partial charge in [0.15, 0.2) is 11.6 Å². The van der Waals surface area contributed by atoms with Crippen molar-refractivity contribution in [2.24, 2.45) is 11.8 Å². The van der Waals surface area contributed by atoms with Crippen LogP contribution in [0.25, 0.3) is 0 Å². The smallest absolute Gasteiger partial charge is 0.335 e. The molecule has 1 N–H and O–H groups in total. The molecule has 188 valence electrons. The minimum absolute atomic E-state index is 0.128. The number of aromatic carboxylic acids is 1. The first-order valence-electron chi connectivity index (χ1n) is 12.2. The fraction of sp³-hybridized carbons (Fsp3) is 0.125. The third kappa shape index (κ3) is 4.64. The molecule has 5 rings (SSSR count). The molecule has 1 fully saturated rings. The number of carboxylic acid groups (broad SMARTS) is 1. The Balaban J connectivity index is 1.64. The van der Waals surface area contributed by atoms with E-state index < -0.39 is 17.8 Å². The van der Waals surface area contributed by atoms with Crippen LogP contribution in [0.2, 0.25) is 0 Å². The molecule has 1 unspecified atom stereocenters. The van der Waals surface area contributed by atoms with Crippen molar-refractivity contribution in [1.82, 2.24) is 0 Å². The molecule has 0 saturated heterocycles. The van der Waals surface area contributed by atoms with E-state index in [2.05, 4.69) is 0 Å². The van der Waals surface area contributed by atoms with E-state index in [9.17, 15) is 24.3 Å². The lowest BCUT2D eigenvalue weighted by atomic mass is 9.49. The molecule has 0 radical (unpaired) electrons. The molecule has 4 aromatic carbocycles. The Morgan fingerprint density at radius 2 is 1.00 bits per heavy atom. The molecular formula is C32H24O6. The van der Waals surface area contributed by atoms with E-state index >= 15 is 0 Å². The summed E-state index contributed by atoms with van der Waals surface area (Å²) >= 11 is 0. The fourth-order valence-corrected chi connectivity index (χ4v) is 5.49. The van der Waals surface area contributed by atoms with Crippen LogP contribution < -0.4 is 4.74 Å². The van der Waals surface area contributed by atoms with Crippen LogP contribution in [-0.4, -0.2) is 29.1 Å². The molecule has 0 heterocycles. The second-order valence-corrected chi connectivity index (χ2v) is 9.27. The van der Waals surface area contributed by atoms with Crippen LogP contribution in [0.3, 0.4) is 0 Å². The Morgan fingerprint density at radius 3 is 1.39 bits per heavy atom. The summed E-state index contributed by atoms with van der Waals surface area (Å²) in [6, 6.07) is 31.2. The van der Waals surface area contributed by atoms with Crippen LogP contribution >= 0.6 is 0 Å². The van der Waals surface area contributed by atoms with Crippen molar-refractivity contribution in [3.63, 3.8) is 0 Å². The lowest BCUT2D eigenvalue weighted by molar-refractivity contribution is -0.120. The lowest BCUT2D eigenvalue weighted by Crippen LogP contribution is -2.51. The molecule has 0 spiro atoms. The molecule has 1 aliphatic rings. The molecular weight excluding hydrogens is 480 g/mol. The Morgan fingerprint density at radius 1 is 0.579 bits per heavy atom. The van der Waals surface area contributed by atoms with Gasteiger partial charge in [0, 0.05) is 34.8 Å². The quantitative estimate of drug-likeness (QED) is 0.229. The van der Waals surface area contributed by atoms with Gasteiger partial charge < -0.3 is 9.84 Å². The van der Waals surface area contributed by atoms with Crippen molar-refractivity contribution in [3.05, 3.63) is 137 Å². The summed E-state index contributed by atoms with van der Waals surface area (Å²) in [5.41, 5.74) is 2.78. The highest BCUT2D eigenvalue weighted by Crippen LogP contribution is 2.59. The van der Waals surface area contributed by atoms with E-state index in [-0.39, 0.29) is 29.0 Å². The number of rotatable bonds is 9. The Kier molecular flexibility index (Phi) is 6.96. The summed E-state index contributed by atoms with van der Waals surface area (Å²) in [6.45, 7) is 0.349. The first-order chi connectivity index (χ1) is 18.5. The van der Waals surface area contributed by atoms with E-state index in [1.165, 1.54) is 12.1 Å². The normalized spacial score (nSPS) is 20.1. The van der Waals surface area contributed by atoms with Gasteiger partial charge in [-0.15, -0.1) is 0 Å². The van der Waals surface area contributed by atoms with Gasteiger partial charge in [-0.3, -0.25) is 14.4 Å². The molecule has 1 aliphatic carbocycles. The van der Waals surface area contributed by atoms with Crippen LogP contribution in [0.4, 0.5) is 0 Å². The molecule has 1 saturated carbocycles. The first-order valence-corrected chi connectivity index (χ1v) is 12.2. The van der Waals surface area contributed by atoms with Gasteiger partial charge in [0.2, 0.25) is 0 Å². The minimum Gasteiger partial charge on any atom is -0.478 e. The number of ketones is 2. The van der Waals surface area contributed by atoms with E-state index in [4.69, 9.17) is 4.74 Å². The Bertz CT molecular complexity index is 1460. The fourth-order valence-electron chi connectivity index (χ4n) is 5.49. The van der Waals surface area contributed by atoms with Gasteiger partial charge in [0.1, 0.15) is 5.75 Å². The standard InChI is InChI=1S/C32H24O6/c33-19-38-25-17-15-21(16-18-25)27-26(20-11-13-24(14-12-20)32(36)37)28(30(34)22-7-3-1-4-8-22)29(27)31(35)23-9-5-2-6-10-23/h1-19,26-29H,(H,36,37)/t26-,27+,28+,29?/m1/s1. The number of carbonyl (C=O) groups is 4. The van der Waals surface area contributed by atoms with Crippen molar-refractivity contribution < 1.29 is 29.0 Å². The van der Waals surface area contributed by atoms with Crippen LogP contribution in [0, 0.1) is 11.8 Å². The second kappa shape index (κ2) is 10.6. The lowest BCUT2D eigenvalue weighted by Gasteiger charge is -2.51. The molecule has 0 bridgehead atoms. The van der Waals surface area contributed by atoms with Gasteiger partial charge in [0.05, 0.1) is 5.56 Å². The number of benzene rings is 4. The van der Waals surface area contributed by atoms with Crippen LogP contribution in [-0.2, 0) is 4.79 Å². The maximum Gasteiger partial charge on any atom is 0.335 e. The monoisotopic (exact) mass is 504 g/mol. The molecule has 6 nitrogen and oxygen atoms in total. The Labute approximate surface area is 219 Å². The van der Waals surface area contributed by atoms with E-state index in [1.54, 1.807) is 84.9 Å². The number of hydrogen-bond acceptors (Lipinski definition) is 5. The average Bonchev–Trinajstić information content (AvgIpc) is 2.94. The molecule has 0 aliphatic heterocycles. The predicted octanol–water partition coefficient (Wildman–Crippen LogP) is 5.80. The van der Waals surface area contributed by atoms with Crippen molar-refractivity contribution >= 4 is 24.0 Å². The molecule has 4 aromatic rings. The highest BCUT2D eigenvalue weighted by atomic mass is 16.5. The maximum absolute atomic E-state index is 13.9. The average molecular weight is 505 g/mol. The van der Waals surface area contributed by atoms with Crippen LogP contribution in [0.5, 0.6) is 5.75 Å². The van der Waals surface area contributed by atoms with Gasteiger partial charge in [-0.1, -0.05) is 84.9 Å². The Hall–Kier alpha value is -4.84. The van der Waals surface area contributed by atoms with Gasteiger partial charge >= 0.3 is 5.97 Å². The van der Waals surface area contributed by atoms with Crippen LogP contribution in [0.15, 0.2) is 109 Å². The topological polar surface area (TPSA) is 97.7 Å². The summed E-state index contributed by atoms with van der Waals surface area (Å²) in [5.74, 6) is -2.97. The number of carbonyl (C=O) groups excluding carboxylic acids is 3. The van der Waals surface area contributed by atoms with E-state index in [0.717, 1.165) is 11.1 Å². The molecule has 0 amide bonds. The SMILES string of the molecule is O=COc1ccc([C@@H]2C(C(=O)c3ccccc3)[C@@H](C(=O)c3ccccc3)[C@@H]2c2ccc(C(=O)O)cc2)cc1.